The first-order valence-electron chi connectivity index (χ1n) is 6.19. The molecule has 0 saturated heterocycles. The lowest BCUT2D eigenvalue weighted by molar-refractivity contribution is -0.138. The van der Waals surface area contributed by atoms with Gasteiger partial charge in [-0.3, -0.25) is 4.79 Å². The van der Waals surface area contributed by atoms with E-state index in [1.807, 2.05) is 13.0 Å². The minimum atomic E-state index is -0.717. The van der Waals surface area contributed by atoms with E-state index in [0.29, 0.717) is 0 Å². The Morgan fingerprint density at radius 3 is 2.76 bits per heavy atom. The number of fused-ring (bicyclic) bond motifs is 1. The fraction of sp³-hybridized carbons (Fsp3) is 0.500. The van der Waals surface area contributed by atoms with Crippen molar-refractivity contribution in [3.8, 4) is 0 Å². The largest absolute Gasteiger partial charge is 0.481 e. The highest BCUT2D eigenvalue weighted by molar-refractivity contribution is 5.68. The third-order valence-electron chi connectivity index (χ3n) is 3.56. The van der Waals surface area contributed by atoms with Crippen molar-refractivity contribution in [2.75, 3.05) is 6.54 Å². The zero-order chi connectivity index (χ0) is 12.3. The van der Waals surface area contributed by atoms with Crippen LogP contribution >= 0.6 is 0 Å². The number of hydrogen-bond donors (Lipinski definition) is 2. The third-order valence-corrected chi connectivity index (χ3v) is 3.56. The highest BCUT2D eigenvalue weighted by Gasteiger charge is 2.35. The van der Waals surface area contributed by atoms with Crippen molar-refractivity contribution < 1.29 is 9.90 Å². The lowest BCUT2D eigenvalue weighted by atomic mass is 9.76. The number of aryl methyl sites for hydroxylation is 1. The molecule has 0 spiro atoms. The molecule has 0 amide bonds. The highest BCUT2D eigenvalue weighted by Crippen LogP contribution is 2.31. The van der Waals surface area contributed by atoms with Gasteiger partial charge in [-0.1, -0.05) is 31.2 Å². The Labute approximate surface area is 102 Å². The molecule has 1 aliphatic carbocycles. The van der Waals surface area contributed by atoms with E-state index in [1.54, 1.807) is 0 Å². The molecule has 1 atom stereocenters. The number of carbonyl (C=O) groups is 1. The standard InChI is InChI=1S/C14H19NO2/c1-2-15-14(10-13(16)17)8-7-11-5-3-4-6-12(11)9-14/h3-6,15H,2,7-10H2,1H3,(H,16,17). The number of rotatable bonds is 4. The first-order valence-corrected chi connectivity index (χ1v) is 6.19. The van der Waals surface area contributed by atoms with Crippen LogP contribution in [0.2, 0.25) is 0 Å². The van der Waals surface area contributed by atoms with E-state index in [4.69, 9.17) is 5.11 Å². The molecule has 1 aromatic rings. The summed E-state index contributed by atoms with van der Waals surface area (Å²) in [6.07, 6.45) is 2.90. The summed E-state index contributed by atoms with van der Waals surface area (Å²) in [5, 5.41) is 12.5. The monoisotopic (exact) mass is 233 g/mol. The lowest BCUT2D eigenvalue weighted by Crippen LogP contribution is -2.50. The van der Waals surface area contributed by atoms with Crippen LogP contribution in [-0.2, 0) is 17.6 Å². The summed E-state index contributed by atoms with van der Waals surface area (Å²) in [7, 11) is 0. The van der Waals surface area contributed by atoms with Crippen molar-refractivity contribution >= 4 is 5.97 Å². The maximum absolute atomic E-state index is 11.0. The SMILES string of the molecule is CCNC1(CC(=O)O)CCc2ccccc2C1. The number of carboxylic acid groups (broad SMARTS) is 1. The Morgan fingerprint density at radius 2 is 2.12 bits per heavy atom. The second-order valence-electron chi connectivity index (χ2n) is 4.83. The van der Waals surface area contributed by atoms with Crippen LogP contribution in [0.3, 0.4) is 0 Å². The smallest absolute Gasteiger partial charge is 0.305 e. The van der Waals surface area contributed by atoms with Gasteiger partial charge < -0.3 is 10.4 Å². The average molecular weight is 233 g/mol. The molecule has 1 aliphatic rings. The number of carboxylic acids is 1. The van der Waals surface area contributed by atoms with Crippen LogP contribution in [0, 0.1) is 0 Å². The Balaban J connectivity index is 2.23. The molecule has 0 saturated carbocycles. The summed E-state index contributed by atoms with van der Waals surface area (Å²) in [6, 6.07) is 8.34. The number of benzene rings is 1. The molecular formula is C14H19NO2. The second kappa shape index (κ2) is 4.88. The number of hydrogen-bond acceptors (Lipinski definition) is 2. The quantitative estimate of drug-likeness (QED) is 0.836. The van der Waals surface area contributed by atoms with Crippen molar-refractivity contribution in [2.24, 2.45) is 0 Å². The maximum Gasteiger partial charge on any atom is 0.305 e. The van der Waals surface area contributed by atoms with Crippen molar-refractivity contribution in [1.29, 1.82) is 0 Å². The molecule has 3 heteroatoms. The van der Waals surface area contributed by atoms with Crippen LogP contribution in [0.25, 0.3) is 0 Å². The number of aliphatic carboxylic acids is 1. The number of likely N-dealkylation sites (N-methyl/N-ethyl adjacent to an activating group) is 1. The van der Waals surface area contributed by atoms with Crippen molar-refractivity contribution in [2.45, 2.75) is 38.1 Å². The minimum Gasteiger partial charge on any atom is -0.481 e. The van der Waals surface area contributed by atoms with Gasteiger partial charge in [0.2, 0.25) is 0 Å². The van der Waals surface area contributed by atoms with E-state index in [0.717, 1.165) is 25.8 Å². The summed E-state index contributed by atoms with van der Waals surface area (Å²) < 4.78 is 0. The van der Waals surface area contributed by atoms with Crippen LogP contribution in [0.5, 0.6) is 0 Å². The molecule has 0 radical (unpaired) electrons. The molecule has 1 unspecified atom stereocenters. The predicted molar refractivity (Wildman–Crippen MR) is 67.1 cm³/mol. The van der Waals surface area contributed by atoms with Crippen molar-refractivity contribution in [1.82, 2.24) is 5.32 Å². The van der Waals surface area contributed by atoms with Crippen LogP contribution < -0.4 is 5.32 Å². The molecule has 0 fully saturated rings. The van der Waals surface area contributed by atoms with Crippen LogP contribution in [-0.4, -0.2) is 23.2 Å². The zero-order valence-corrected chi connectivity index (χ0v) is 10.2. The van der Waals surface area contributed by atoms with Crippen LogP contribution in [0.1, 0.15) is 30.9 Å². The van der Waals surface area contributed by atoms with E-state index in [1.165, 1.54) is 11.1 Å². The summed E-state index contributed by atoms with van der Waals surface area (Å²) in [6.45, 7) is 2.85. The van der Waals surface area contributed by atoms with Gasteiger partial charge in [-0.2, -0.15) is 0 Å². The zero-order valence-electron chi connectivity index (χ0n) is 10.2. The third kappa shape index (κ3) is 2.67. The molecule has 2 N–H and O–H groups in total. The predicted octanol–water partition coefficient (Wildman–Crippen LogP) is 2.00. The van der Waals surface area contributed by atoms with Gasteiger partial charge in [-0.05, 0) is 36.9 Å². The van der Waals surface area contributed by atoms with Gasteiger partial charge in [0.1, 0.15) is 0 Å². The Hall–Kier alpha value is -1.35. The summed E-state index contributed by atoms with van der Waals surface area (Å²) >= 11 is 0. The summed E-state index contributed by atoms with van der Waals surface area (Å²) in [4.78, 5) is 11.0. The molecule has 0 bridgehead atoms. The molecule has 2 rings (SSSR count). The first-order chi connectivity index (χ1) is 8.15. The Kier molecular flexibility index (Phi) is 3.48. The molecule has 3 nitrogen and oxygen atoms in total. The van der Waals surface area contributed by atoms with Gasteiger partial charge in [-0.25, -0.2) is 0 Å². The summed E-state index contributed by atoms with van der Waals surface area (Å²) in [5.74, 6) is -0.717. The van der Waals surface area contributed by atoms with E-state index in [2.05, 4.69) is 23.5 Å². The van der Waals surface area contributed by atoms with Crippen LogP contribution in [0.15, 0.2) is 24.3 Å². The Bertz CT molecular complexity index is 416. The summed E-state index contributed by atoms with van der Waals surface area (Å²) in [5.41, 5.74) is 2.40. The molecule has 1 aromatic carbocycles. The number of nitrogens with one attached hydrogen (secondary N) is 1. The molecular weight excluding hydrogens is 214 g/mol. The Morgan fingerprint density at radius 1 is 1.41 bits per heavy atom. The van der Waals surface area contributed by atoms with E-state index in [-0.39, 0.29) is 12.0 Å². The van der Waals surface area contributed by atoms with Gasteiger partial charge >= 0.3 is 5.97 Å². The average Bonchev–Trinajstić information content (AvgIpc) is 2.28. The topological polar surface area (TPSA) is 49.3 Å². The lowest BCUT2D eigenvalue weighted by Gasteiger charge is -2.38. The van der Waals surface area contributed by atoms with Crippen molar-refractivity contribution in [3.05, 3.63) is 35.4 Å². The highest BCUT2D eigenvalue weighted by atomic mass is 16.4. The van der Waals surface area contributed by atoms with Gasteiger partial charge in [0.05, 0.1) is 6.42 Å². The van der Waals surface area contributed by atoms with E-state index >= 15 is 0 Å². The van der Waals surface area contributed by atoms with E-state index in [9.17, 15) is 4.79 Å². The van der Waals surface area contributed by atoms with Gasteiger partial charge in [-0.15, -0.1) is 0 Å². The van der Waals surface area contributed by atoms with Gasteiger partial charge in [0.25, 0.3) is 0 Å². The molecule has 0 heterocycles. The second-order valence-corrected chi connectivity index (χ2v) is 4.83. The normalized spacial score (nSPS) is 23.1. The molecule has 0 aromatic heterocycles. The molecule has 92 valence electrons. The van der Waals surface area contributed by atoms with Gasteiger partial charge in [0.15, 0.2) is 0 Å². The molecule has 0 aliphatic heterocycles. The fourth-order valence-electron chi connectivity index (χ4n) is 2.83. The van der Waals surface area contributed by atoms with Crippen molar-refractivity contribution in [3.63, 3.8) is 0 Å². The van der Waals surface area contributed by atoms with E-state index < -0.39 is 5.97 Å². The maximum atomic E-state index is 11.0. The fourth-order valence-corrected chi connectivity index (χ4v) is 2.83. The molecule has 17 heavy (non-hydrogen) atoms. The van der Waals surface area contributed by atoms with Crippen LogP contribution in [0.4, 0.5) is 0 Å². The van der Waals surface area contributed by atoms with Gasteiger partial charge in [0, 0.05) is 5.54 Å². The minimum absolute atomic E-state index is 0.204. The first kappa shape index (κ1) is 12.1.